The first-order chi connectivity index (χ1) is 12.6. The Morgan fingerprint density at radius 2 is 1.92 bits per heavy atom. The second-order valence-corrected chi connectivity index (χ2v) is 7.32. The van der Waals surface area contributed by atoms with Crippen LogP contribution in [0.25, 0.3) is 11.5 Å². The molecule has 0 unspecified atom stereocenters. The molecule has 0 saturated heterocycles. The Morgan fingerprint density at radius 1 is 1.15 bits per heavy atom. The topological polar surface area (TPSA) is 36.1 Å². The molecule has 0 radical (unpaired) electrons. The zero-order valence-electron chi connectivity index (χ0n) is 14.8. The number of pyridine rings is 1. The maximum Gasteiger partial charge on any atom is 0.289 e. The highest BCUT2D eigenvalue weighted by Crippen LogP contribution is 2.23. The number of aromatic nitrogens is 1. The van der Waals surface area contributed by atoms with Gasteiger partial charge in [-0.25, -0.2) is 0 Å². The highest BCUT2D eigenvalue weighted by atomic mass is 32.1. The monoisotopic (exact) mass is 381 g/mol. The van der Waals surface area contributed by atoms with Crippen LogP contribution in [0.4, 0.5) is 5.69 Å². The van der Waals surface area contributed by atoms with Crippen LogP contribution in [0.3, 0.4) is 0 Å². The lowest BCUT2D eigenvalue weighted by Gasteiger charge is -2.10. The van der Waals surface area contributed by atoms with Gasteiger partial charge in [-0.2, -0.15) is 4.57 Å². The van der Waals surface area contributed by atoms with Gasteiger partial charge in [0.25, 0.3) is 5.70 Å². The molecule has 0 aliphatic heterocycles. The maximum absolute atomic E-state index is 10.9. The highest BCUT2D eigenvalue weighted by Gasteiger charge is 2.24. The second-order valence-electron chi connectivity index (χ2n) is 5.97. The molecule has 26 heavy (non-hydrogen) atoms. The van der Waals surface area contributed by atoms with Gasteiger partial charge in [0.2, 0.25) is 5.76 Å². The van der Waals surface area contributed by atoms with Gasteiger partial charge in [-0.1, -0.05) is 37.3 Å². The minimum atomic E-state index is 0.165. The average molecular weight is 382 g/mol. The number of anilines is 1. The largest absolute Gasteiger partial charge is 0.501 e. The van der Waals surface area contributed by atoms with Crippen molar-refractivity contribution in [3.63, 3.8) is 0 Å². The molecular weight excluding hydrogens is 360 g/mol. The lowest BCUT2D eigenvalue weighted by Crippen LogP contribution is -2.38. The number of nitrogens with one attached hydrogen (secondary N) is 1. The number of rotatable bonds is 5. The van der Waals surface area contributed by atoms with E-state index < -0.39 is 0 Å². The molecule has 0 fully saturated rings. The van der Waals surface area contributed by atoms with E-state index in [-0.39, 0.29) is 5.76 Å². The zero-order chi connectivity index (χ0) is 18.5. The van der Waals surface area contributed by atoms with E-state index in [0.29, 0.717) is 10.7 Å². The van der Waals surface area contributed by atoms with Gasteiger partial charge in [-0.05, 0) is 48.6 Å². The summed E-state index contributed by atoms with van der Waals surface area (Å²) in [6.07, 6.45) is 4.84. The molecule has 2 N–H and O–H groups in total. The minimum Gasteiger partial charge on any atom is -0.501 e. The third kappa shape index (κ3) is 4.18. The first kappa shape index (κ1) is 18.3. The molecule has 0 bridgehead atoms. The van der Waals surface area contributed by atoms with E-state index in [9.17, 15) is 5.11 Å². The zero-order valence-corrected chi connectivity index (χ0v) is 16.4. The maximum atomic E-state index is 10.9. The Morgan fingerprint density at radius 3 is 2.54 bits per heavy atom. The molecule has 132 valence electrons. The van der Waals surface area contributed by atoms with E-state index in [4.69, 9.17) is 12.2 Å². The molecule has 3 rings (SSSR count). The van der Waals surface area contributed by atoms with Crippen molar-refractivity contribution in [2.24, 2.45) is 0 Å². The predicted molar refractivity (Wildman–Crippen MR) is 113 cm³/mol. The number of hydrogen-bond acceptors (Lipinski definition) is 3. The van der Waals surface area contributed by atoms with Crippen molar-refractivity contribution in [2.45, 2.75) is 20.3 Å². The summed E-state index contributed by atoms with van der Waals surface area (Å²) in [5, 5.41) is 16.1. The molecule has 0 saturated carbocycles. The minimum absolute atomic E-state index is 0.165. The summed E-state index contributed by atoms with van der Waals surface area (Å²) in [7, 11) is 0. The van der Waals surface area contributed by atoms with E-state index in [1.807, 2.05) is 65.7 Å². The third-order valence-corrected chi connectivity index (χ3v) is 5.19. The summed E-state index contributed by atoms with van der Waals surface area (Å²) < 4.78 is 1.86. The average Bonchev–Trinajstić information content (AvgIpc) is 3.17. The molecule has 0 amide bonds. The van der Waals surface area contributed by atoms with Crippen LogP contribution in [-0.4, -0.2) is 10.1 Å². The van der Waals surface area contributed by atoms with Gasteiger partial charge in [0, 0.05) is 17.3 Å². The summed E-state index contributed by atoms with van der Waals surface area (Å²) in [5.74, 6) is 0.165. The Labute approximate surface area is 163 Å². The molecule has 1 aromatic carbocycles. The predicted octanol–water partition coefficient (Wildman–Crippen LogP) is 5.23. The van der Waals surface area contributed by atoms with Crippen LogP contribution in [0.1, 0.15) is 22.9 Å². The standard InChI is InChI=1S/C21H20N2OS2/c1-3-16-8-10-17(11-9-16)22-21(25)19(20(24)18-7-5-13-26-18)23-12-4-6-15(2)14-23/h4-14H,3H2,1-2H3,(H-,22,24,25)/p+1. The molecule has 0 atom stereocenters. The lowest BCUT2D eigenvalue weighted by molar-refractivity contribution is -0.576. The van der Waals surface area contributed by atoms with Crippen LogP contribution >= 0.6 is 23.6 Å². The molecule has 2 aromatic heterocycles. The van der Waals surface area contributed by atoms with Gasteiger partial charge in [-0.3, -0.25) is 0 Å². The summed E-state index contributed by atoms with van der Waals surface area (Å²) in [5.41, 5.74) is 3.81. The van der Waals surface area contributed by atoms with Crippen molar-refractivity contribution in [3.05, 3.63) is 82.3 Å². The lowest BCUT2D eigenvalue weighted by atomic mass is 10.1. The van der Waals surface area contributed by atoms with Crippen molar-refractivity contribution >= 4 is 45.7 Å². The van der Waals surface area contributed by atoms with Crippen LogP contribution in [0, 0.1) is 6.92 Å². The molecule has 0 spiro atoms. The molecule has 0 aliphatic carbocycles. The summed E-state index contributed by atoms with van der Waals surface area (Å²) in [6.45, 7) is 4.14. The number of thiocarbonyl (C=S) groups is 1. The van der Waals surface area contributed by atoms with E-state index in [1.165, 1.54) is 16.9 Å². The fourth-order valence-electron chi connectivity index (χ4n) is 2.62. The number of hydrogen-bond donors (Lipinski definition) is 2. The van der Waals surface area contributed by atoms with Gasteiger partial charge in [0.05, 0.1) is 4.88 Å². The number of aryl methyl sites for hydroxylation is 2. The molecule has 5 heteroatoms. The first-order valence-electron chi connectivity index (χ1n) is 8.44. The van der Waals surface area contributed by atoms with Crippen LogP contribution in [0.15, 0.2) is 66.3 Å². The second kappa shape index (κ2) is 8.25. The number of nitrogens with zero attached hydrogens (tertiary/aromatic N) is 1. The fourth-order valence-corrected chi connectivity index (χ4v) is 3.61. The van der Waals surface area contributed by atoms with Crippen LogP contribution in [-0.2, 0) is 6.42 Å². The Hall–Kier alpha value is -2.50. The van der Waals surface area contributed by atoms with Crippen molar-refractivity contribution in [2.75, 3.05) is 5.32 Å². The fraction of sp³-hybridized carbons (Fsp3) is 0.143. The molecule has 2 heterocycles. The third-order valence-electron chi connectivity index (χ3n) is 4.02. The van der Waals surface area contributed by atoms with Crippen LogP contribution < -0.4 is 9.88 Å². The van der Waals surface area contributed by atoms with E-state index in [1.54, 1.807) is 0 Å². The van der Waals surface area contributed by atoms with Gasteiger partial charge >= 0.3 is 0 Å². The molecular formula is C21H21N2OS2+. The number of benzene rings is 1. The van der Waals surface area contributed by atoms with Gasteiger partial charge in [0.15, 0.2) is 17.4 Å². The summed E-state index contributed by atoms with van der Waals surface area (Å²) in [4.78, 5) is 1.25. The van der Waals surface area contributed by atoms with Gasteiger partial charge < -0.3 is 10.4 Å². The van der Waals surface area contributed by atoms with Crippen LogP contribution in [0.5, 0.6) is 0 Å². The quantitative estimate of drug-likeness (QED) is 0.275. The smallest absolute Gasteiger partial charge is 0.289 e. The van der Waals surface area contributed by atoms with E-state index >= 15 is 0 Å². The summed E-state index contributed by atoms with van der Waals surface area (Å²) in [6, 6.07) is 15.9. The van der Waals surface area contributed by atoms with Crippen molar-refractivity contribution in [1.82, 2.24) is 0 Å². The summed E-state index contributed by atoms with van der Waals surface area (Å²) >= 11 is 7.13. The normalized spacial score (nSPS) is 11.8. The Bertz CT molecular complexity index is 929. The van der Waals surface area contributed by atoms with Crippen molar-refractivity contribution in [1.29, 1.82) is 0 Å². The van der Waals surface area contributed by atoms with E-state index in [2.05, 4.69) is 24.4 Å². The number of aliphatic hydroxyl groups excluding tert-OH is 1. The molecule has 3 nitrogen and oxygen atoms in total. The van der Waals surface area contributed by atoms with Gasteiger partial charge in [-0.15, -0.1) is 11.3 Å². The Balaban J connectivity index is 2.00. The number of aliphatic hydroxyl groups is 1. The van der Waals surface area contributed by atoms with E-state index in [0.717, 1.165) is 22.5 Å². The SMILES string of the molecule is CCc1ccc(NC(=S)/C(=C(/O)c2cccs2)[n+]2cccc(C)c2)cc1. The molecule has 0 aliphatic rings. The highest BCUT2D eigenvalue weighted by molar-refractivity contribution is 7.81. The van der Waals surface area contributed by atoms with Crippen molar-refractivity contribution < 1.29 is 9.67 Å². The Kier molecular flexibility index (Phi) is 5.81. The first-order valence-corrected chi connectivity index (χ1v) is 9.73. The van der Waals surface area contributed by atoms with Crippen molar-refractivity contribution in [3.8, 4) is 0 Å². The van der Waals surface area contributed by atoms with Crippen LogP contribution in [0.2, 0.25) is 0 Å². The number of thiophene rings is 1. The molecule has 3 aromatic rings. The van der Waals surface area contributed by atoms with Gasteiger partial charge in [0.1, 0.15) is 0 Å².